The predicted octanol–water partition coefficient (Wildman–Crippen LogP) is 3.04. The van der Waals surface area contributed by atoms with Crippen molar-refractivity contribution in [3.8, 4) is 23.6 Å². The minimum absolute atomic E-state index is 0.883. The van der Waals surface area contributed by atoms with E-state index in [1.807, 2.05) is 49.5 Å². The normalized spacial score (nSPS) is 9.60. The number of pyridine rings is 1. The van der Waals surface area contributed by atoms with Gasteiger partial charge in [-0.3, -0.25) is 4.98 Å². The van der Waals surface area contributed by atoms with Crippen molar-refractivity contribution >= 4 is 0 Å². The van der Waals surface area contributed by atoms with E-state index in [2.05, 4.69) is 10.9 Å². The highest BCUT2D eigenvalue weighted by molar-refractivity contribution is 5.67. The third-order valence-electron chi connectivity index (χ3n) is 2.27. The number of nitrogens with zero attached hydrogens (tertiary/aromatic N) is 1. The van der Waals surface area contributed by atoms with Crippen molar-refractivity contribution in [2.75, 3.05) is 0 Å². The molecule has 0 aliphatic carbocycles. The molecular weight excluding hydrogens is 182 g/mol. The summed E-state index contributed by atoms with van der Waals surface area (Å²) in [5.41, 5.74) is 3.97. The van der Waals surface area contributed by atoms with Crippen LogP contribution in [0.5, 0.6) is 0 Å². The first-order valence-electron chi connectivity index (χ1n) is 4.80. The molecule has 0 fully saturated rings. The predicted molar refractivity (Wildman–Crippen MR) is 62.3 cm³/mol. The maximum absolute atomic E-state index is 5.44. The van der Waals surface area contributed by atoms with Crippen LogP contribution in [0.4, 0.5) is 0 Å². The van der Waals surface area contributed by atoms with Crippen LogP contribution in [-0.2, 0) is 0 Å². The highest BCUT2D eigenvalue weighted by Crippen LogP contribution is 2.20. The summed E-state index contributed by atoms with van der Waals surface area (Å²) in [6, 6.07) is 11.9. The third-order valence-corrected chi connectivity index (χ3v) is 2.27. The third kappa shape index (κ3) is 1.89. The molecule has 0 atom stereocenters. The summed E-state index contributed by atoms with van der Waals surface area (Å²) < 4.78 is 0. The van der Waals surface area contributed by atoms with E-state index >= 15 is 0 Å². The Morgan fingerprint density at radius 2 is 1.93 bits per heavy atom. The number of rotatable bonds is 1. The van der Waals surface area contributed by atoms with Gasteiger partial charge in [-0.15, -0.1) is 6.42 Å². The largest absolute Gasteiger partial charge is 0.256 e. The van der Waals surface area contributed by atoms with Crippen LogP contribution in [0.1, 0.15) is 11.1 Å². The fourth-order valence-electron chi connectivity index (χ4n) is 1.46. The lowest BCUT2D eigenvalue weighted by molar-refractivity contribution is 1.27. The molecule has 0 spiro atoms. The Hall–Kier alpha value is -2.07. The van der Waals surface area contributed by atoms with Crippen LogP contribution in [-0.4, -0.2) is 4.98 Å². The van der Waals surface area contributed by atoms with Gasteiger partial charge >= 0.3 is 0 Å². The number of benzene rings is 1. The van der Waals surface area contributed by atoms with Crippen LogP contribution in [0, 0.1) is 19.3 Å². The Kier molecular flexibility index (Phi) is 2.51. The summed E-state index contributed by atoms with van der Waals surface area (Å²) in [5.74, 6) is 2.67. The zero-order valence-corrected chi connectivity index (χ0v) is 8.57. The highest BCUT2D eigenvalue weighted by atomic mass is 14.7. The van der Waals surface area contributed by atoms with Gasteiger partial charge in [0.15, 0.2) is 0 Å². The summed E-state index contributed by atoms with van der Waals surface area (Å²) in [5, 5.41) is 0. The maximum atomic E-state index is 5.44. The number of terminal acetylenes is 1. The lowest BCUT2D eigenvalue weighted by atomic mass is 10.0. The van der Waals surface area contributed by atoms with Crippen LogP contribution in [0.2, 0.25) is 0 Å². The van der Waals surface area contributed by atoms with E-state index in [-0.39, 0.29) is 0 Å². The van der Waals surface area contributed by atoms with Crippen molar-refractivity contribution in [2.24, 2.45) is 0 Å². The van der Waals surface area contributed by atoms with Crippen LogP contribution >= 0.6 is 0 Å². The fraction of sp³-hybridized carbons (Fsp3) is 0.0714. The van der Waals surface area contributed by atoms with Gasteiger partial charge in [-0.2, -0.15) is 0 Å². The first-order valence-corrected chi connectivity index (χ1v) is 4.80. The smallest absolute Gasteiger partial charge is 0.0714 e. The lowest BCUT2D eigenvalue weighted by Gasteiger charge is -2.03. The molecule has 72 valence electrons. The topological polar surface area (TPSA) is 12.9 Å². The summed E-state index contributed by atoms with van der Waals surface area (Å²) in [4.78, 5) is 4.36. The molecule has 0 amide bonds. The van der Waals surface area contributed by atoms with E-state index in [0.717, 1.165) is 22.4 Å². The van der Waals surface area contributed by atoms with Crippen molar-refractivity contribution in [3.63, 3.8) is 0 Å². The molecule has 0 saturated heterocycles. The number of hydrogen-bond donors (Lipinski definition) is 0. The lowest BCUT2D eigenvalue weighted by Crippen LogP contribution is -1.87. The Balaban J connectivity index is 2.55. The molecule has 1 heteroatoms. The van der Waals surface area contributed by atoms with E-state index in [4.69, 9.17) is 6.42 Å². The van der Waals surface area contributed by atoms with Crippen molar-refractivity contribution in [1.29, 1.82) is 0 Å². The van der Waals surface area contributed by atoms with Crippen molar-refractivity contribution in [2.45, 2.75) is 6.92 Å². The summed E-state index contributed by atoms with van der Waals surface area (Å²) in [7, 11) is 0. The Labute approximate surface area is 89.8 Å². The van der Waals surface area contributed by atoms with Crippen LogP contribution in [0.25, 0.3) is 11.3 Å². The van der Waals surface area contributed by atoms with Gasteiger partial charge in [0.05, 0.1) is 5.69 Å². The molecular formula is C14H11N. The Morgan fingerprint density at radius 3 is 2.60 bits per heavy atom. The standard InChI is InChI=1S/C14H11N/c1-3-12-6-4-5-7-13(12)14-9-8-11(2)10-15-14/h1,4-10H,2H3. The maximum Gasteiger partial charge on any atom is 0.0714 e. The second-order valence-electron chi connectivity index (χ2n) is 3.41. The van der Waals surface area contributed by atoms with Crippen LogP contribution in [0.15, 0.2) is 42.6 Å². The average Bonchev–Trinajstić information content (AvgIpc) is 2.30. The zero-order chi connectivity index (χ0) is 10.7. The second-order valence-corrected chi connectivity index (χ2v) is 3.41. The molecule has 0 N–H and O–H groups in total. The molecule has 0 unspecified atom stereocenters. The zero-order valence-electron chi connectivity index (χ0n) is 8.57. The molecule has 1 nitrogen and oxygen atoms in total. The fourth-order valence-corrected chi connectivity index (χ4v) is 1.46. The minimum atomic E-state index is 0.883. The molecule has 1 aromatic heterocycles. The first-order chi connectivity index (χ1) is 7.31. The number of aryl methyl sites for hydroxylation is 1. The van der Waals surface area contributed by atoms with Gasteiger partial charge in [-0.05, 0) is 24.6 Å². The van der Waals surface area contributed by atoms with Crippen molar-refractivity contribution in [3.05, 3.63) is 53.7 Å². The summed E-state index contributed by atoms with van der Waals surface area (Å²) in [6.45, 7) is 2.02. The van der Waals surface area contributed by atoms with Gasteiger partial charge in [0, 0.05) is 17.3 Å². The molecule has 0 aliphatic heterocycles. The van der Waals surface area contributed by atoms with E-state index in [1.54, 1.807) is 0 Å². The molecule has 15 heavy (non-hydrogen) atoms. The highest BCUT2D eigenvalue weighted by Gasteiger charge is 2.02. The van der Waals surface area contributed by atoms with Gasteiger partial charge in [-0.1, -0.05) is 30.2 Å². The molecule has 0 radical (unpaired) electrons. The van der Waals surface area contributed by atoms with Gasteiger partial charge < -0.3 is 0 Å². The molecule has 0 aliphatic rings. The quantitative estimate of drug-likeness (QED) is 0.634. The summed E-state index contributed by atoms with van der Waals surface area (Å²) >= 11 is 0. The van der Waals surface area contributed by atoms with Crippen LogP contribution in [0.3, 0.4) is 0 Å². The number of hydrogen-bond acceptors (Lipinski definition) is 1. The van der Waals surface area contributed by atoms with E-state index in [9.17, 15) is 0 Å². The molecule has 0 bridgehead atoms. The van der Waals surface area contributed by atoms with Gasteiger partial charge in [-0.25, -0.2) is 0 Å². The van der Waals surface area contributed by atoms with Gasteiger partial charge in [0.2, 0.25) is 0 Å². The van der Waals surface area contributed by atoms with Crippen LogP contribution < -0.4 is 0 Å². The number of aromatic nitrogens is 1. The SMILES string of the molecule is C#Cc1ccccc1-c1ccc(C)cn1. The monoisotopic (exact) mass is 193 g/mol. The molecule has 1 aromatic carbocycles. The van der Waals surface area contributed by atoms with E-state index in [0.29, 0.717) is 0 Å². The molecule has 2 aromatic rings. The van der Waals surface area contributed by atoms with E-state index < -0.39 is 0 Å². The summed E-state index contributed by atoms with van der Waals surface area (Å²) in [6.07, 6.45) is 7.29. The van der Waals surface area contributed by atoms with E-state index in [1.165, 1.54) is 0 Å². The van der Waals surface area contributed by atoms with Crippen molar-refractivity contribution in [1.82, 2.24) is 4.98 Å². The van der Waals surface area contributed by atoms with Gasteiger partial charge in [0.1, 0.15) is 0 Å². The Morgan fingerprint density at radius 1 is 1.13 bits per heavy atom. The minimum Gasteiger partial charge on any atom is -0.256 e. The van der Waals surface area contributed by atoms with Gasteiger partial charge in [0.25, 0.3) is 0 Å². The Bertz CT molecular complexity index is 504. The van der Waals surface area contributed by atoms with Crippen molar-refractivity contribution < 1.29 is 0 Å². The molecule has 1 heterocycles. The average molecular weight is 193 g/mol. The molecule has 2 rings (SSSR count). The first kappa shape index (κ1) is 9.48. The molecule has 0 saturated carbocycles. The second kappa shape index (κ2) is 3.98.